The fourth-order valence-electron chi connectivity index (χ4n) is 1.25. The van der Waals surface area contributed by atoms with E-state index in [1.807, 2.05) is 26.0 Å². The molecule has 0 aliphatic heterocycles. The molecular formula is C12H17Cl3O3. The number of carbonyl (C=O) groups excluding carboxylic acids is 1. The van der Waals surface area contributed by atoms with Crippen LogP contribution >= 0.6 is 34.8 Å². The third kappa shape index (κ3) is 7.98. The first-order valence-electron chi connectivity index (χ1n) is 5.40. The Balaban J connectivity index is 4.53. The standard InChI is InChI=1S/C12H17Cl3O3/c1-4-6-9(3)10(17-7-5-2)11(16)18-8-12(13,14)15/h4-6,9-10H,2,7-8H2,1,3H3/b6-4+/t9-,10+/m1/s1. The minimum absolute atomic E-state index is 0.141. The molecule has 6 heteroatoms. The number of rotatable bonds is 7. The van der Waals surface area contributed by atoms with Crippen molar-refractivity contribution in [1.82, 2.24) is 0 Å². The lowest BCUT2D eigenvalue weighted by atomic mass is 10.0. The average Bonchev–Trinajstić information content (AvgIpc) is 2.26. The molecule has 0 saturated carbocycles. The fourth-order valence-corrected chi connectivity index (χ4v) is 1.41. The molecule has 0 saturated heterocycles. The minimum Gasteiger partial charge on any atom is -0.459 e. The van der Waals surface area contributed by atoms with Crippen LogP contribution in [-0.2, 0) is 14.3 Å². The van der Waals surface area contributed by atoms with Crippen LogP contribution in [0.25, 0.3) is 0 Å². The van der Waals surface area contributed by atoms with Crippen LogP contribution in [0.2, 0.25) is 0 Å². The molecule has 18 heavy (non-hydrogen) atoms. The van der Waals surface area contributed by atoms with E-state index in [-0.39, 0.29) is 19.1 Å². The molecule has 0 aliphatic rings. The van der Waals surface area contributed by atoms with Gasteiger partial charge in [0.25, 0.3) is 0 Å². The number of allylic oxidation sites excluding steroid dienone is 1. The molecule has 0 N–H and O–H groups in total. The van der Waals surface area contributed by atoms with Gasteiger partial charge in [0.05, 0.1) is 6.61 Å². The predicted octanol–water partition coefficient (Wildman–Crippen LogP) is 3.68. The molecule has 0 aromatic heterocycles. The van der Waals surface area contributed by atoms with Gasteiger partial charge in [-0.1, -0.05) is 60.0 Å². The second kappa shape index (κ2) is 8.81. The number of carbonyl (C=O) groups is 1. The molecule has 0 aromatic carbocycles. The molecule has 0 bridgehead atoms. The van der Waals surface area contributed by atoms with Crippen molar-refractivity contribution in [2.75, 3.05) is 13.2 Å². The Labute approximate surface area is 123 Å². The Morgan fingerprint density at radius 2 is 2.06 bits per heavy atom. The summed E-state index contributed by atoms with van der Waals surface area (Å²) in [6, 6.07) is 0. The number of hydrogen-bond donors (Lipinski definition) is 0. The molecular weight excluding hydrogens is 298 g/mol. The lowest BCUT2D eigenvalue weighted by Crippen LogP contribution is -2.34. The number of halogens is 3. The van der Waals surface area contributed by atoms with Gasteiger partial charge >= 0.3 is 5.97 Å². The first kappa shape index (κ1) is 17.8. The smallest absolute Gasteiger partial charge is 0.336 e. The van der Waals surface area contributed by atoms with Crippen molar-refractivity contribution < 1.29 is 14.3 Å². The molecule has 0 aromatic rings. The van der Waals surface area contributed by atoms with E-state index in [1.54, 1.807) is 6.08 Å². The Morgan fingerprint density at radius 3 is 2.50 bits per heavy atom. The maximum atomic E-state index is 11.8. The van der Waals surface area contributed by atoms with E-state index < -0.39 is 15.9 Å². The van der Waals surface area contributed by atoms with Crippen molar-refractivity contribution in [3.63, 3.8) is 0 Å². The van der Waals surface area contributed by atoms with E-state index >= 15 is 0 Å². The van der Waals surface area contributed by atoms with Gasteiger partial charge in [0.15, 0.2) is 6.10 Å². The average molecular weight is 316 g/mol. The second-order valence-corrected chi connectivity index (χ2v) is 6.17. The zero-order chi connectivity index (χ0) is 14.2. The quantitative estimate of drug-likeness (QED) is 0.408. The first-order valence-corrected chi connectivity index (χ1v) is 6.54. The number of alkyl halides is 3. The molecule has 0 rings (SSSR count). The summed E-state index contributed by atoms with van der Waals surface area (Å²) in [6.45, 7) is 7.15. The summed E-state index contributed by atoms with van der Waals surface area (Å²) in [5, 5.41) is 0. The number of ether oxygens (including phenoxy) is 2. The maximum Gasteiger partial charge on any atom is 0.336 e. The van der Waals surface area contributed by atoms with E-state index in [2.05, 4.69) is 6.58 Å². The first-order chi connectivity index (χ1) is 8.31. The summed E-state index contributed by atoms with van der Waals surface area (Å²) in [6.07, 6.45) is 4.48. The molecule has 0 fully saturated rings. The van der Waals surface area contributed by atoms with Crippen molar-refractivity contribution in [3.05, 3.63) is 24.8 Å². The lowest BCUT2D eigenvalue weighted by Gasteiger charge is -2.21. The van der Waals surface area contributed by atoms with Gasteiger partial charge < -0.3 is 9.47 Å². The molecule has 0 heterocycles. The zero-order valence-corrected chi connectivity index (χ0v) is 12.6. The predicted molar refractivity (Wildman–Crippen MR) is 75.2 cm³/mol. The van der Waals surface area contributed by atoms with Gasteiger partial charge in [0.1, 0.15) is 6.61 Å². The Morgan fingerprint density at radius 1 is 1.44 bits per heavy atom. The van der Waals surface area contributed by atoms with Crippen LogP contribution in [0.1, 0.15) is 13.8 Å². The van der Waals surface area contributed by atoms with E-state index in [4.69, 9.17) is 44.3 Å². The zero-order valence-electron chi connectivity index (χ0n) is 10.4. The summed E-state index contributed by atoms with van der Waals surface area (Å²) in [4.78, 5) is 11.8. The topological polar surface area (TPSA) is 35.5 Å². The van der Waals surface area contributed by atoms with Crippen molar-refractivity contribution in [2.45, 2.75) is 23.7 Å². The molecule has 3 nitrogen and oxygen atoms in total. The molecule has 0 radical (unpaired) electrons. The van der Waals surface area contributed by atoms with E-state index in [1.165, 1.54) is 0 Å². The monoisotopic (exact) mass is 314 g/mol. The molecule has 0 unspecified atom stereocenters. The van der Waals surface area contributed by atoms with E-state index in [0.29, 0.717) is 0 Å². The van der Waals surface area contributed by atoms with Crippen molar-refractivity contribution in [3.8, 4) is 0 Å². The summed E-state index contributed by atoms with van der Waals surface area (Å²) in [5.74, 6) is -0.702. The number of esters is 1. The largest absolute Gasteiger partial charge is 0.459 e. The van der Waals surface area contributed by atoms with Crippen LogP contribution in [0.4, 0.5) is 0 Å². The van der Waals surface area contributed by atoms with Crippen LogP contribution < -0.4 is 0 Å². The molecule has 2 atom stereocenters. The van der Waals surface area contributed by atoms with Crippen LogP contribution in [0, 0.1) is 5.92 Å². The Kier molecular flexibility index (Phi) is 8.70. The molecule has 104 valence electrons. The molecule has 0 amide bonds. The Hall–Kier alpha value is -0.220. The van der Waals surface area contributed by atoms with Gasteiger partial charge in [-0.25, -0.2) is 4.79 Å². The highest BCUT2D eigenvalue weighted by atomic mass is 35.6. The summed E-state index contributed by atoms with van der Waals surface area (Å²) < 4.78 is 8.64. The SMILES string of the molecule is C=CCO[C@H](C(=O)OCC(Cl)(Cl)Cl)[C@H](C)/C=C/C. The van der Waals surface area contributed by atoms with Gasteiger partial charge in [0.2, 0.25) is 3.79 Å². The van der Waals surface area contributed by atoms with Gasteiger partial charge in [-0.15, -0.1) is 6.58 Å². The van der Waals surface area contributed by atoms with Crippen molar-refractivity contribution in [2.24, 2.45) is 5.92 Å². The summed E-state index contributed by atoms with van der Waals surface area (Å²) in [7, 11) is 0. The van der Waals surface area contributed by atoms with Gasteiger partial charge in [-0.05, 0) is 6.92 Å². The highest BCUT2D eigenvalue weighted by molar-refractivity contribution is 6.67. The normalized spacial score (nSPS) is 15.4. The maximum absolute atomic E-state index is 11.8. The Bertz CT molecular complexity index is 297. The van der Waals surface area contributed by atoms with Crippen molar-refractivity contribution in [1.29, 1.82) is 0 Å². The van der Waals surface area contributed by atoms with Gasteiger partial charge in [-0.2, -0.15) is 0 Å². The summed E-state index contributed by atoms with van der Waals surface area (Å²) >= 11 is 16.5. The summed E-state index contributed by atoms with van der Waals surface area (Å²) in [5.41, 5.74) is 0. The fraction of sp³-hybridized carbons (Fsp3) is 0.583. The highest BCUT2D eigenvalue weighted by Gasteiger charge is 2.29. The lowest BCUT2D eigenvalue weighted by molar-refractivity contribution is -0.158. The molecule has 0 aliphatic carbocycles. The third-order valence-corrected chi connectivity index (χ3v) is 2.30. The molecule has 0 spiro atoms. The van der Waals surface area contributed by atoms with E-state index in [0.717, 1.165) is 0 Å². The van der Waals surface area contributed by atoms with Crippen LogP contribution in [-0.4, -0.2) is 29.1 Å². The van der Waals surface area contributed by atoms with Crippen LogP contribution in [0.5, 0.6) is 0 Å². The minimum atomic E-state index is -1.62. The van der Waals surface area contributed by atoms with Crippen LogP contribution in [0.3, 0.4) is 0 Å². The highest BCUT2D eigenvalue weighted by Crippen LogP contribution is 2.26. The van der Waals surface area contributed by atoms with Gasteiger partial charge in [-0.3, -0.25) is 0 Å². The third-order valence-electron chi connectivity index (χ3n) is 1.98. The van der Waals surface area contributed by atoms with Gasteiger partial charge in [0, 0.05) is 5.92 Å². The van der Waals surface area contributed by atoms with E-state index in [9.17, 15) is 4.79 Å². The van der Waals surface area contributed by atoms with Crippen molar-refractivity contribution >= 4 is 40.8 Å². The van der Waals surface area contributed by atoms with Crippen LogP contribution in [0.15, 0.2) is 24.8 Å². The second-order valence-electron chi connectivity index (χ2n) is 3.65. The number of hydrogen-bond acceptors (Lipinski definition) is 3.